The number of hydrogen-bond donors (Lipinski definition) is 1. The molecule has 0 atom stereocenters. The van der Waals surface area contributed by atoms with Gasteiger partial charge < -0.3 is 10.1 Å². The maximum atomic E-state index is 11.9. The number of hydrogen-bond acceptors (Lipinski definition) is 7. The highest BCUT2D eigenvalue weighted by Gasteiger charge is 2.21. The van der Waals surface area contributed by atoms with Gasteiger partial charge in [-0.1, -0.05) is 0 Å². The fourth-order valence-corrected chi connectivity index (χ4v) is 2.38. The predicted octanol–water partition coefficient (Wildman–Crippen LogP) is 3.35. The Balaban J connectivity index is 1.49. The third kappa shape index (κ3) is 3.23. The molecule has 0 spiro atoms. The highest BCUT2D eigenvalue weighted by Crippen LogP contribution is 2.24. The van der Waals surface area contributed by atoms with Gasteiger partial charge in [0, 0.05) is 23.8 Å². The minimum absolute atomic E-state index is 0.135. The number of nitrogens with one attached hydrogen (secondary N) is 1. The summed E-state index contributed by atoms with van der Waals surface area (Å²) >= 11 is 0. The highest BCUT2D eigenvalue weighted by atomic mass is 16.5. The van der Waals surface area contributed by atoms with Crippen LogP contribution in [-0.2, 0) is 0 Å². The van der Waals surface area contributed by atoms with Crippen LogP contribution >= 0.6 is 0 Å². The van der Waals surface area contributed by atoms with Crippen LogP contribution in [0.15, 0.2) is 53.8 Å². The number of carbonyl (C=O) groups is 1. The number of pyridine rings is 1. The molecule has 0 saturated carbocycles. The zero-order valence-corrected chi connectivity index (χ0v) is 13.4. The van der Waals surface area contributed by atoms with E-state index in [1.807, 2.05) is 24.3 Å². The maximum absolute atomic E-state index is 11.9. The minimum atomic E-state index is -0.135. The molecule has 3 heterocycles. The van der Waals surface area contributed by atoms with Crippen LogP contribution in [-0.4, -0.2) is 31.4 Å². The van der Waals surface area contributed by atoms with Gasteiger partial charge >= 0.3 is 0 Å². The van der Waals surface area contributed by atoms with Gasteiger partial charge in [0.05, 0.1) is 6.42 Å². The first kappa shape index (κ1) is 15.0. The number of aromatic nitrogens is 4. The lowest BCUT2D eigenvalue weighted by Gasteiger charge is -2.07. The number of carbonyl (C=O) groups excluding carboxylic acids is 1. The number of benzene rings is 1. The second-order valence-corrected chi connectivity index (χ2v) is 5.50. The van der Waals surface area contributed by atoms with E-state index in [0.29, 0.717) is 23.4 Å². The van der Waals surface area contributed by atoms with Crippen molar-refractivity contribution in [3.63, 3.8) is 0 Å². The summed E-state index contributed by atoms with van der Waals surface area (Å²) in [5.74, 6) is 1.90. The maximum Gasteiger partial charge on any atom is 0.257 e. The van der Waals surface area contributed by atoms with Crippen molar-refractivity contribution < 1.29 is 9.53 Å². The minimum Gasteiger partial charge on any atom is -0.457 e. The number of aliphatic imine (C=N–C) groups is 1. The first-order valence-electron chi connectivity index (χ1n) is 7.67. The Morgan fingerprint density at radius 2 is 1.80 bits per heavy atom. The zero-order chi connectivity index (χ0) is 17.2. The molecule has 0 amide bonds. The van der Waals surface area contributed by atoms with Crippen LogP contribution in [0.25, 0.3) is 0 Å². The summed E-state index contributed by atoms with van der Waals surface area (Å²) in [6.45, 7) is 1.80. The van der Waals surface area contributed by atoms with Crippen LogP contribution in [0.3, 0.4) is 0 Å². The lowest BCUT2D eigenvalue weighted by Crippen LogP contribution is -2.19. The highest BCUT2D eigenvalue weighted by molar-refractivity contribution is 6.04. The summed E-state index contributed by atoms with van der Waals surface area (Å²) in [7, 11) is 0. The van der Waals surface area contributed by atoms with Crippen molar-refractivity contribution in [1.29, 1.82) is 0 Å². The molecule has 0 bridgehead atoms. The van der Waals surface area contributed by atoms with Gasteiger partial charge in [-0.15, -0.1) is 5.10 Å². The lowest BCUT2D eigenvalue weighted by atomic mass is 10.2. The van der Waals surface area contributed by atoms with Gasteiger partial charge in [-0.05, 0) is 43.3 Å². The summed E-state index contributed by atoms with van der Waals surface area (Å²) in [4.78, 5) is 24.3. The topological polar surface area (TPSA) is 94.3 Å². The lowest BCUT2D eigenvalue weighted by molar-refractivity contribution is 0.0906. The van der Waals surface area contributed by atoms with Crippen molar-refractivity contribution in [1.82, 2.24) is 19.7 Å². The summed E-state index contributed by atoms with van der Waals surface area (Å²) in [6, 6.07) is 10.9. The fraction of sp³-hybridized carbons (Fsp3) is 0.118. The molecular formula is C17H14N6O2. The van der Waals surface area contributed by atoms with Gasteiger partial charge in [0.25, 0.3) is 11.9 Å². The standard InChI is InChI=1S/C17H14N6O2/c1-11-10-15(24)23-17(19-11)21-16(22-23)20-12-2-4-13(5-3-12)25-14-6-8-18-9-7-14/h2-9H,10H2,1H3,(H,20,22). The molecule has 124 valence electrons. The second kappa shape index (κ2) is 6.16. The van der Waals surface area contributed by atoms with Crippen LogP contribution in [0.1, 0.15) is 18.1 Å². The average Bonchev–Trinajstić information content (AvgIpc) is 3.00. The van der Waals surface area contributed by atoms with E-state index in [1.165, 1.54) is 4.68 Å². The Hall–Kier alpha value is -3.55. The van der Waals surface area contributed by atoms with E-state index >= 15 is 0 Å². The van der Waals surface area contributed by atoms with Crippen molar-refractivity contribution >= 4 is 29.2 Å². The summed E-state index contributed by atoms with van der Waals surface area (Å²) in [6.07, 6.45) is 3.60. The fourth-order valence-electron chi connectivity index (χ4n) is 2.38. The van der Waals surface area contributed by atoms with Gasteiger partial charge in [0.1, 0.15) is 11.5 Å². The zero-order valence-electron chi connectivity index (χ0n) is 13.4. The molecule has 1 aliphatic rings. The Morgan fingerprint density at radius 3 is 2.56 bits per heavy atom. The van der Waals surface area contributed by atoms with Crippen LogP contribution in [0.5, 0.6) is 11.5 Å². The molecule has 3 aromatic rings. The van der Waals surface area contributed by atoms with Crippen molar-refractivity contribution in [3.8, 4) is 11.5 Å². The third-order valence-corrected chi connectivity index (χ3v) is 3.52. The Kier molecular flexibility index (Phi) is 3.70. The number of fused-ring (bicyclic) bond motifs is 1. The molecule has 4 rings (SSSR count). The van der Waals surface area contributed by atoms with E-state index in [2.05, 4.69) is 25.4 Å². The van der Waals surface area contributed by atoms with Gasteiger partial charge in [0.15, 0.2) is 0 Å². The van der Waals surface area contributed by atoms with Crippen molar-refractivity contribution in [3.05, 3.63) is 48.8 Å². The second-order valence-electron chi connectivity index (χ2n) is 5.50. The number of ether oxygens (including phenoxy) is 1. The van der Waals surface area contributed by atoms with Gasteiger partial charge in [-0.3, -0.25) is 9.78 Å². The predicted molar refractivity (Wildman–Crippen MR) is 92.1 cm³/mol. The largest absolute Gasteiger partial charge is 0.457 e. The van der Waals surface area contributed by atoms with E-state index in [4.69, 9.17) is 4.74 Å². The Morgan fingerprint density at radius 1 is 1.08 bits per heavy atom. The molecule has 25 heavy (non-hydrogen) atoms. The van der Waals surface area contributed by atoms with E-state index < -0.39 is 0 Å². The molecule has 0 saturated heterocycles. The molecule has 0 unspecified atom stereocenters. The summed E-state index contributed by atoms with van der Waals surface area (Å²) in [5, 5.41) is 7.21. The first-order chi connectivity index (χ1) is 12.2. The van der Waals surface area contributed by atoms with Gasteiger partial charge in [0.2, 0.25) is 5.95 Å². The van der Waals surface area contributed by atoms with Crippen LogP contribution < -0.4 is 10.1 Å². The first-order valence-corrected chi connectivity index (χ1v) is 7.67. The van der Waals surface area contributed by atoms with Crippen molar-refractivity contribution in [2.75, 3.05) is 5.32 Å². The molecule has 0 aliphatic carbocycles. The molecular weight excluding hydrogens is 320 g/mol. The van der Waals surface area contributed by atoms with Crippen molar-refractivity contribution in [2.24, 2.45) is 4.99 Å². The molecule has 1 N–H and O–H groups in total. The third-order valence-electron chi connectivity index (χ3n) is 3.52. The molecule has 0 fully saturated rings. The SMILES string of the molecule is CC1=Nc2nc(Nc3ccc(Oc4ccncc4)cc3)nn2C(=O)C1. The smallest absolute Gasteiger partial charge is 0.257 e. The molecule has 1 aromatic carbocycles. The molecule has 0 radical (unpaired) electrons. The number of nitrogens with zero attached hydrogens (tertiary/aromatic N) is 5. The number of rotatable bonds is 4. The van der Waals surface area contributed by atoms with Crippen molar-refractivity contribution in [2.45, 2.75) is 13.3 Å². The Bertz CT molecular complexity index is 947. The average molecular weight is 334 g/mol. The normalized spacial score (nSPS) is 13.2. The molecule has 1 aliphatic heterocycles. The van der Waals surface area contributed by atoms with E-state index in [-0.39, 0.29) is 12.3 Å². The summed E-state index contributed by atoms with van der Waals surface area (Å²) in [5.41, 5.74) is 1.51. The van der Waals surface area contributed by atoms with Crippen LogP contribution in [0.4, 0.5) is 17.6 Å². The summed E-state index contributed by atoms with van der Waals surface area (Å²) < 4.78 is 6.93. The van der Waals surface area contributed by atoms with Crippen LogP contribution in [0, 0.1) is 0 Å². The molecule has 8 heteroatoms. The molecule has 8 nitrogen and oxygen atoms in total. The Labute approximate surface area is 143 Å². The van der Waals surface area contributed by atoms with Gasteiger partial charge in [-0.25, -0.2) is 4.99 Å². The van der Waals surface area contributed by atoms with E-state index in [9.17, 15) is 4.79 Å². The van der Waals surface area contributed by atoms with Gasteiger partial charge in [-0.2, -0.15) is 9.67 Å². The van der Waals surface area contributed by atoms with Crippen LogP contribution in [0.2, 0.25) is 0 Å². The van der Waals surface area contributed by atoms with E-state index in [1.54, 1.807) is 31.5 Å². The monoisotopic (exact) mass is 334 g/mol. The molecule has 2 aromatic heterocycles. The van der Waals surface area contributed by atoms with E-state index in [0.717, 1.165) is 11.4 Å². The number of anilines is 2. The quantitative estimate of drug-likeness (QED) is 0.786.